The van der Waals surface area contributed by atoms with E-state index >= 15 is 0 Å². The molecule has 1 aromatic carbocycles. The molecule has 0 unspecified atom stereocenters. The first-order chi connectivity index (χ1) is 14.2. The molecule has 0 atom stereocenters. The van der Waals surface area contributed by atoms with Crippen LogP contribution in [0.2, 0.25) is 5.02 Å². The summed E-state index contributed by atoms with van der Waals surface area (Å²) in [5.74, 6) is 0.798. The smallest absolute Gasteiger partial charge is 0.435 e. The third-order valence-electron chi connectivity index (χ3n) is 4.18. The molecule has 0 saturated heterocycles. The highest BCUT2D eigenvalue weighted by Crippen LogP contribution is 2.28. The average molecular weight is 442 g/mol. The number of nitrogens with one attached hydrogen (secondary N) is 1. The molecule has 0 fully saturated rings. The molecule has 1 N–H and O–H groups in total. The van der Waals surface area contributed by atoms with Gasteiger partial charge in [-0.2, -0.15) is 18.3 Å². The molecular formula is C20H19ClF3N3O3. The highest BCUT2D eigenvalue weighted by atomic mass is 35.5. The Labute approximate surface area is 175 Å². The van der Waals surface area contributed by atoms with Gasteiger partial charge in [0.05, 0.1) is 0 Å². The maximum atomic E-state index is 12.7. The number of amides is 1. The molecule has 160 valence electrons. The second-order valence-electron chi connectivity index (χ2n) is 6.51. The fourth-order valence-electron chi connectivity index (χ4n) is 2.66. The van der Waals surface area contributed by atoms with E-state index in [-0.39, 0.29) is 25.5 Å². The molecule has 2 heterocycles. The Kier molecular flexibility index (Phi) is 6.71. The van der Waals surface area contributed by atoms with Crippen LogP contribution in [0.3, 0.4) is 0 Å². The van der Waals surface area contributed by atoms with E-state index in [2.05, 4.69) is 10.4 Å². The Morgan fingerprint density at radius 3 is 2.63 bits per heavy atom. The summed E-state index contributed by atoms with van der Waals surface area (Å²) in [5.41, 5.74) is -0.516. The number of halogens is 4. The van der Waals surface area contributed by atoms with E-state index in [1.165, 1.54) is 10.7 Å². The van der Waals surface area contributed by atoms with Gasteiger partial charge in [0.25, 0.3) is 5.91 Å². The molecule has 10 heteroatoms. The molecule has 0 radical (unpaired) electrons. The summed E-state index contributed by atoms with van der Waals surface area (Å²) in [5, 5.41) is 6.82. The molecule has 2 aromatic heterocycles. The zero-order valence-corrected chi connectivity index (χ0v) is 16.8. The van der Waals surface area contributed by atoms with Crippen molar-refractivity contribution in [3.05, 3.63) is 70.4 Å². The van der Waals surface area contributed by atoms with Crippen LogP contribution in [0.1, 0.15) is 34.1 Å². The van der Waals surface area contributed by atoms with E-state index in [0.29, 0.717) is 28.6 Å². The second kappa shape index (κ2) is 9.25. The van der Waals surface area contributed by atoms with Crippen molar-refractivity contribution in [1.29, 1.82) is 0 Å². The van der Waals surface area contributed by atoms with Gasteiger partial charge >= 0.3 is 6.18 Å². The Morgan fingerprint density at radius 1 is 1.23 bits per heavy atom. The molecule has 0 spiro atoms. The van der Waals surface area contributed by atoms with Crippen LogP contribution < -0.4 is 10.1 Å². The number of benzene rings is 1. The van der Waals surface area contributed by atoms with E-state index in [4.69, 9.17) is 20.8 Å². The number of carbonyl (C=O) groups is 1. The van der Waals surface area contributed by atoms with Gasteiger partial charge in [0.1, 0.15) is 18.1 Å². The number of aryl methyl sites for hydroxylation is 2. The fourth-order valence-corrected chi connectivity index (χ4v) is 2.78. The van der Waals surface area contributed by atoms with Crippen molar-refractivity contribution in [2.75, 3.05) is 6.54 Å². The van der Waals surface area contributed by atoms with Crippen LogP contribution in [0, 0.1) is 6.92 Å². The standard InChI is InChI=1S/C20H19ClF3N3O3/c1-13-11-18(20(22,23)24)26-27(13)10-2-9-25-19(28)17-8-7-16(30-17)12-29-15-5-3-14(21)4-6-15/h3-8,11H,2,9-10,12H2,1H3,(H,25,28). The van der Waals surface area contributed by atoms with Crippen molar-refractivity contribution in [3.8, 4) is 5.75 Å². The van der Waals surface area contributed by atoms with Crippen LogP contribution in [-0.2, 0) is 19.3 Å². The maximum Gasteiger partial charge on any atom is 0.435 e. The van der Waals surface area contributed by atoms with Gasteiger partial charge in [0.15, 0.2) is 11.5 Å². The lowest BCUT2D eigenvalue weighted by Crippen LogP contribution is -2.25. The Balaban J connectivity index is 1.43. The number of furan rings is 1. The van der Waals surface area contributed by atoms with Gasteiger partial charge in [-0.25, -0.2) is 0 Å². The van der Waals surface area contributed by atoms with Gasteiger partial charge < -0.3 is 14.5 Å². The second-order valence-corrected chi connectivity index (χ2v) is 6.95. The van der Waals surface area contributed by atoms with Crippen molar-refractivity contribution >= 4 is 17.5 Å². The third kappa shape index (κ3) is 5.79. The third-order valence-corrected chi connectivity index (χ3v) is 4.44. The number of alkyl halides is 3. The summed E-state index contributed by atoms with van der Waals surface area (Å²) >= 11 is 5.81. The first-order valence-electron chi connectivity index (χ1n) is 9.09. The average Bonchev–Trinajstić information content (AvgIpc) is 3.31. The fraction of sp³-hybridized carbons (Fsp3) is 0.300. The van der Waals surface area contributed by atoms with Gasteiger partial charge in [-0.05, 0) is 55.8 Å². The molecule has 3 rings (SSSR count). The molecule has 0 bridgehead atoms. The van der Waals surface area contributed by atoms with Crippen molar-refractivity contribution in [3.63, 3.8) is 0 Å². The topological polar surface area (TPSA) is 69.3 Å². The van der Waals surface area contributed by atoms with Crippen LogP contribution in [0.25, 0.3) is 0 Å². The number of carbonyl (C=O) groups excluding carboxylic acids is 1. The number of hydrogen-bond donors (Lipinski definition) is 1. The lowest BCUT2D eigenvalue weighted by atomic mass is 10.3. The molecule has 6 nitrogen and oxygen atoms in total. The summed E-state index contributed by atoms with van der Waals surface area (Å²) in [7, 11) is 0. The van der Waals surface area contributed by atoms with Gasteiger partial charge in [-0.1, -0.05) is 11.6 Å². The molecule has 3 aromatic rings. The number of nitrogens with zero attached hydrogens (tertiary/aromatic N) is 2. The Hall–Kier alpha value is -2.94. The van der Waals surface area contributed by atoms with Crippen molar-refractivity contribution < 1.29 is 27.1 Å². The Bertz CT molecular complexity index is 997. The van der Waals surface area contributed by atoms with Gasteiger partial charge in [-0.3, -0.25) is 9.48 Å². The van der Waals surface area contributed by atoms with Crippen molar-refractivity contribution in [2.24, 2.45) is 0 Å². The predicted octanol–water partition coefficient (Wildman–Crippen LogP) is 4.86. The van der Waals surface area contributed by atoms with Crippen LogP contribution >= 0.6 is 11.6 Å². The van der Waals surface area contributed by atoms with Crippen LogP contribution in [0.4, 0.5) is 13.2 Å². The largest absolute Gasteiger partial charge is 0.486 e. The highest BCUT2D eigenvalue weighted by Gasteiger charge is 2.34. The van der Waals surface area contributed by atoms with E-state index in [9.17, 15) is 18.0 Å². The van der Waals surface area contributed by atoms with Crippen LogP contribution in [-0.4, -0.2) is 22.2 Å². The molecule has 0 aliphatic rings. The highest BCUT2D eigenvalue weighted by molar-refractivity contribution is 6.30. The summed E-state index contributed by atoms with van der Waals surface area (Å²) in [4.78, 5) is 12.2. The van der Waals surface area contributed by atoms with E-state index in [1.54, 1.807) is 37.3 Å². The monoisotopic (exact) mass is 441 g/mol. The van der Waals surface area contributed by atoms with Crippen LogP contribution in [0.5, 0.6) is 5.75 Å². The molecular weight excluding hydrogens is 423 g/mol. The summed E-state index contributed by atoms with van der Waals surface area (Å²) < 4.78 is 50.3. The zero-order chi connectivity index (χ0) is 21.7. The molecule has 0 aliphatic heterocycles. The number of rotatable bonds is 8. The summed E-state index contributed by atoms with van der Waals surface area (Å²) in [6.07, 6.45) is -4.06. The summed E-state index contributed by atoms with van der Waals surface area (Å²) in [6.45, 7) is 2.21. The number of ether oxygens (including phenoxy) is 1. The molecule has 0 aliphatic carbocycles. The van der Waals surface area contributed by atoms with Crippen LogP contribution in [0.15, 0.2) is 46.9 Å². The number of hydrogen-bond acceptors (Lipinski definition) is 4. The van der Waals surface area contributed by atoms with Gasteiger partial charge in [0.2, 0.25) is 0 Å². The Morgan fingerprint density at radius 2 is 1.97 bits per heavy atom. The first-order valence-corrected chi connectivity index (χ1v) is 9.47. The maximum absolute atomic E-state index is 12.7. The number of aromatic nitrogens is 2. The summed E-state index contributed by atoms with van der Waals surface area (Å²) in [6, 6.07) is 11.0. The SMILES string of the molecule is Cc1cc(C(F)(F)F)nn1CCCNC(=O)c1ccc(COc2ccc(Cl)cc2)o1. The molecule has 1 amide bonds. The minimum atomic E-state index is -4.47. The molecule has 0 saturated carbocycles. The predicted molar refractivity (Wildman–Crippen MR) is 103 cm³/mol. The van der Waals surface area contributed by atoms with Gasteiger partial charge in [-0.15, -0.1) is 0 Å². The molecule has 30 heavy (non-hydrogen) atoms. The normalized spacial score (nSPS) is 11.5. The quantitative estimate of drug-likeness (QED) is 0.507. The minimum Gasteiger partial charge on any atom is -0.486 e. The lowest BCUT2D eigenvalue weighted by molar-refractivity contribution is -0.141. The van der Waals surface area contributed by atoms with Crippen molar-refractivity contribution in [1.82, 2.24) is 15.1 Å². The first kappa shape index (κ1) is 21.8. The van der Waals surface area contributed by atoms with E-state index < -0.39 is 17.8 Å². The van der Waals surface area contributed by atoms with Gasteiger partial charge in [0, 0.05) is 23.8 Å². The lowest BCUT2D eigenvalue weighted by Gasteiger charge is -2.06. The van der Waals surface area contributed by atoms with E-state index in [1.807, 2.05) is 0 Å². The minimum absolute atomic E-state index is 0.124. The zero-order valence-electron chi connectivity index (χ0n) is 16.0. The van der Waals surface area contributed by atoms with Crippen molar-refractivity contribution in [2.45, 2.75) is 32.7 Å². The van der Waals surface area contributed by atoms with E-state index in [0.717, 1.165) is 6.07 Å².